The summed E-state index contributed by atoms with van der Waals surface area (Å²) < 4.78 is 39.1. The Balaban J connectivity index is 1.80. The number of hydrogen-bond donors (Lipinski definition) is 2. The lowest BCUT2D eigenvalue weighted by Crippen LogP contribution is -2.23. The Morgan fingerprint density at radius 3 is 3.04 bits per heavy atom. The highest BCUT2D eigenvalue weighted by molar-refractivity contribution is 6.01. The van der Waals surface area contributed by atoms with E-state index < -0.39 is 19.4 Å². The van der Waals surface area contributed by atoms with E-state index in [1.54, 1.807) is 43.6 Å². The average Bonchev–Trinajstić information content (AvgIpc) is 2.71. The third-order valence-electron chi connectivity index (χ3n) is 4.17. The molecule has 1 aromatic carbocycles. The number of aromatic nitrogens is 2. The van der Waals surface area contributed by atoms with Crippen molar-refractivity contribution in [3.8, 4) is 11.3 Å². The molecular weight excluding hydrogens is 326 g/mol. The molecule has 26 heavy (non-hydrogen) atoms. The molecule has 0 radical (unpaired) electrons. The summed E-state index contributed by atoms with van der Waals surface area (Å²) in [6, 6.07) is 10.4. The first kappa shape index (κ1) is 11.3. The van der Waals surface area contributed by atoms with Gasteiger partial charge in [-0.25, -0.2) is 0 Å². The van der Waals surface area contributed by atoms with Gasteiger partial charge in [0, 0.05) is 48.8 Å². The van der Waals surface area contributed by atoms with Gasteiger partial charge < -0.3 is 15.5 Å². The van der Waals surface area contributed by atoms with Crippen molar-refractivity contribution in [3.05, 3.63) is 66.1 Å². The van der Waals surface area contributed by atoms with Gasteiger partial charge in [-0.05, 0) is 23.8 Å². The third-order valence-corrected chi connectivity index (χ3v) is 4.17. The molecular formula is C20H19N5O. The second-order valence-electron chi connectivity index (χ2n) is 5.77. The number of nitrogens with one attached hydrogen (secondary N) is 2. The number of carbonyl (C=O) groups excluding carboxylic acids is 1. The Bertz CT molecular complexity index is 1160. The minimum absolute atomic E-state index is 0.0521. The lowest BCUT2D eigenvalue weighted by molar-refractivity contribution is 0.0963. The Morgan fingerprint density at radius 2 is 2.15 bits per heavy atom. The molecule has 0 atom stereocenters. The smallest absolute Gasteiger partial charge is 0.254 e. The van der Waals surface area contributed by atoms with Crippen LogP contribution in [0.2, 0.25) is 0 Å². The molecule has 0 spiro atoms. The fraction of sp³-hybridized carbons (Fsp3) is 0.150. The zero-order chi connectivity index (χ0) is 22.4. The third kappa shape index (κ3) is 2.65. The fourth-order valence-corrected chi connectivity index (χ4v) is 3.04. The van der Waals surface area contributed by atoms with Gasteiger partial charge in [0.15, 0.2) is 0 Å². The zero-order valence-corrected chi connectivity index (χ0v) is 13.9. The highest BCUT2D eigenvalue weighted by Crippen LogP contribution is 2.42. The maximum atomic E-state index is 12.5. The van der Waals surface area contributed by atoms with Crippen LogP contribution in [0.4, 0.5) is 17.1 Å². The van der Waals surface area contributed by atoms with E-state index in [-0.39, 0.29) is 5.56 Å². The number of carbonyl (C=O) groups is 1. The van der Waals surface area contributed by atoms with Gasteiger partial charge in [-0.2, -0.15) is 0 Å². The number of pyridine rings is 2. The minimum Gasteiger partial charge on any atom is -0.368 e. The first-order valence-electron chi connectivity index (χ1n) is 10.5. The van der Waals surface area contributed by atoms with Crippen molar-refractivity contribution in [2.45, 2.75) is 6.50 Å². The number of hydrogen-bond acceptors (Lipinski definition) is 5. The number of benzene rings is 1. The Hall–Kier alpha value is -3.41. The van der Waals surface area contributed by atoms with E-state index >= 15 is 0 Å². The van der Waals surface area contributed by atoms with Gasteiger partial charge in [-0.15, -0.1) is 0 Å². The first-order valence-corrected chi connectivity index (χ1v) is 7.96. The van der Waals surface area contributed by atoms with Crippen LogP contribution >= 0.6 is 0 Å². The normalized spacial score (nSPS) is 17.4. The zero-order valence-electron chi connectivity index (χ0n) is 18.9. The van der Waals surface area contributed by atoms with Crippen molar-refractivity contribution in [2.24, 2.45) is 0 Å². The topological polar surface area (TPSA) is 70.2 Å². The highest BCUT2D eigenvalue weighted by atomic mass is 16.1. The van der Waals surface area contributed by atoms with E-state index in [4.69, 9.17) is 6.85 Å². The van der Waals surface area contributed by atoms with Crippen LogP contribution in [0, 0.1) is 0 Å². The second kappa shape index (κ2) is 6.48. The van der Waals surface area contributed by atoms with Crippen molar-refractivity contribution in [3.63, 3.8) is 0 Å². The molecule has 6 heteroatoms. The minimum atomic E-state index is -2.64. The Kier molecular flexibility index (Phi) is 2.80. The van der Waals surface area contributed by atoms with Crippen molar-refractivity contribution in [2.75, 3.05) is 24.2 Å². The Labute approximate surface area is 158 Å². The molecule has 130 valence electrons. The summed E-state index contributed by atoms with van der Waals surface area (Å²) in [4.78, 5) is 22.3. The molecule has 0 unspecified atom stereocenters. The van der Waals surface area contributed by atoms with Gasteiger partial charge in [0.2, 0.25) is 0 Å². The van der Waals surface area contributed by atoms with Crippen LogP contribution in [0.25, 0.3) is 11.3 Å². The quantitative estimate of drug-likeness (QED) is 0.759. The van der Waals surface area contributed by atoms with E-state index in [2.05, 4.69) is 15.3 Å². The SMILES string of the molecule is [2H]C([2H])([2H])NC(=O)c1cnccc1Nc1cccc2c1N(C)C([2H])([2H])c1cccnc1-2. The lowest BCUT2D eigenvalue weighted by Gasteiger charge is -2.31. The number of amides is 1. The maximum Gasteiger partial charge on any atom is 0.254 e. The molecule has 1 aliphatic rings. The monoisotopic (exact) mass is 350 g/mol. The van der Waals surface area contributed by atoms with Gasteiger partial charge in [0.25, 0.3) is 5.91 Å². The van der Waals surface area contributed by atoms with Gasteiger partial charge >= 0.3 is 0 Å². The van der Waals surface area contributed by atoms with Gasteiger partial charge in [0.05, 0.1) is 31.1 Å². The molecule has 0 saturated heterocycles. The standard InChI is InChI=1S/C20H19N5O/c1-21-20(26)15-11-22-10-8-16(15)24-17-7-3-6-14-18-13(5-4-9-23-18)12-25(2)19(14)17/h3-11H,12H2,1-2H3,(H,21,26)(H,22,24)/i1D3,12D2. The molecule has 0 bridgehead atoms. The first-order chi connectivity index (χ1) is 14.6. The van der Waals surface area contributed by atoms with Crippen molar-refractivity contribution in [1.29, 1.82) is 0 Å². The van der Waals surface area contributed by atoms with Gasteiger partial charge in [-0.3, -0.25) is 14.8 Å². The molecule has 3 heterocycles. The van der Waals surface area contributed by atoms with Crippen LogP contribution in [0.1, 0.15) is 22.8 Å². The fourth-order valence-electron chi connectivity index (χ4n) is 3.04. The van der Waals surface area contributed by atoms with Crippen LogP contribution in [0.5, 0.6) is 0 Å². The molecule has 1 amide bonds. The molecule has 4 rings (SSSR count). The number of anilines is 3. The molecule has 2 aromatic heterocycles. The summed E-state index contributed by atoms with van der Waals surface area (Å²) in [6.45, 7) is -4.45. The molecule has 6 nitrogen and oxygen atoms in total. The van der Waals surface area contributed by atoms with Crippen molar-refractivity contribution >= 4 is 23.0 Å². The number of fused-ring (bicyclic) bond motifs is 3. The van der Waals surface area contributed by atoms with Gasteiger partial charge in [-0.1, -0.05) is 18.2 Å². The Morgan fingerprint density at radius 1 is 1.23 bits per heavy atom. The number of nitrogens with zero attached hydrogens (tertiary/aromatic N) is 3. The summed E-state index contributed by atoms with van der Waals surface area (Å²) in [5.41, 5.74) is 3.23. The van der Waals surface area contributed by atoms with E-state index in [0.717, 1.165) is 5.56 Å². The van der Waals surface area contributed by atoms with Crippen LogP contribution in [0.15, 0.2) is 55.0 Å². The largest absolute Gasteiger partial charge is 0.368 e. The molecule has 2 N–H and O–H groups in total. The van der Waals surface area contributed by atoms with Crippen molar-refractivity contribution < 1.29 is 11.6 Å². The van der Waals surface area contributed by atoms with Gasteiger partial charge in [0.1, 0.15) is 0 Å². The van der Waals surface area contributed by atoms with E-state index in [9.17, 15) is 4.79 Å². The summed E-state index contributed by atoms with van der Waals surface area (Å²) in [5, 5.41) is 5.11. The summed E-state index contributed by atoms with van der Waals surface area (Å²) in [7, 11) is 1.65. The maximum absolute atomic E-state index is 12.5. The molecule has 3 aromatic rings. The second-order valence-corrected chi connectivity index (χ2v) is 5.77. The molecule has 0 saturated carbocycles. The number of rotatable bonds is 3. The molecule has 0 aliphatic carbocycles. The number of para-hydroxylation sites is 1. The lowest BCUT2D eigenvalue weighted by atomic mass is 9.97. The summed E-state index contributed by atoms with van der Waals surface area (Å²) in [5.74, 6) is -0.795. The highest BCUT2D eigenvalue weighted by Gasteiger charge is 2.23. The molecule has 0 fully saturated rings. The summed E-state index contributed by atoms with van der Waals surface area (Å²) >= 11 is 0. The van der Waals surface area contributed by atoms with E-state index in [1.807, 2.05) is 11.4 Å². The average molecular weight is 350 g/mol. The van der Waals surface area contributed by atoms with E-state index in [0.29, 0.717) is 28.3 Å². The van der Waals surface area contributed by atoms with Crippen LogP contribution < -0.4 is 15.5 Å². The molecule has 1 aliphatic heterocycles. The predicted octanol–water partition coefficient (Wildman–Crippen LogP) is 3.20. The van der Waals surface area contributed by atoms with Crippen LogP contribution in [-0.2, 0) is 6.50 Å². The predicted molar refractivity (Wildman–Crippen MR) is 103 cm³/mol. The summed E-state index contributed by atoms with van der Waals surface area (Å²) in [6.07, 6.45) is 4.37. The van der Waals surface area contributed by atoms with Crippen LogP contribution in [0.3, 0.4) is 0 Å². The van der Waals surface area contributed by atoms with Crippen LogP contribution in [-0.4, -0.2) is 29.9 Å². The van der Waals surface area contributed by atoms with E-state index in [1.165, 1.54) is 17.3 Å². The van der Waals surface area contributed by atoms with Crippen molar-refractivity contribution in [1.82, 2.24) is 15.3 Å².